The molecule has 0 spiro atoms. The number of rotatable bonds is 2. The third kappa shape index (κ3) is 3.34. The van der Waals surface area contributed by atoms with E-state index in [0.29, 0.717) is 17.5 Å². The predicted octanol–water partition coefficient (Wildman–Crippen LogP) is 2.09. The number of aliphatic imine (C=N–C) groups is 1. The Morgan fingerprint density at radius 1 is 1.46 bits per heavy atom. The Morgan fingerprint density at radius 3 is 2.62 bits per heavy atom. The minimum atomic E-state index is 0.421. The van der Waals surface area contributed by atoms with Crippen molar-refractivity contribution in [1.29, 1.82) is 0 Å². The van der Waals surface area contributed by atoms with Gasteiger partial charge < -0.3 is 11.1 Å². The fourth-order valence-electron chi connectivity index (χ4n) is 0.891. The summed E-state index contributed by atoms with van der Waals surface area (Å²) in [7, 11) is 0. The van der Waals surface area contributed by atoms with E-state index < -0.39 is 0 Å². The van der Waals surface area contributed by atoms with Gasteiger partial charge >= 0.3 is 0 Å². The van der Waals surface area contributed by atoms with E-state index in [9.17, 15) is 0 Å². The smallest absolute Gasteiger partial charge is 0.193 e. The lowest BCUT2D eigenvalue weighted by Gasteiger charge is -2.04. The maximum atomic E-state index is 5.72. The van der Waals surface area contributed by atoms with Gasteiger partial charge in [-0.05, 0) is 31.2 Å². The Bertz CT molecular complexity index is 292. The van der Waals surface area contributed by atoms with Gasteiger partial charge in [-0.1, -0.05) is 11.6 Å². The number of nitrogens with two attached hydrogens (primary N) is 1. The molecule has 70 valence electrons. The standard InChI is InChI=1S/C9H12ClN3/c1-2-12-9(11)13-8-5-3-7(10)4-6-8/h3-6H,2H2,1H3,(H3,11,12,13). The molecule has 0 bridgehead atoms. The van der Waals surface area contributed by atoms with Gasteiger partial charge in [0.15, 0.2) is 5.96 Å². The zero-order valence-corrected chi connectivity index (χ0v) is 8.17. The Hall–Kier alpha value is -1.22. The molecule has 0 aliphatic carbocycles. The van der Waals surface area contributed by atoms with Crippen LogP contribution in [0.15, 0.2) is 29.3 Å². The molecule has 0 fully saturated rings. The fraction of sp³-hybridized carbons (Fsp3) is 0.222. The maximum Gasteiger partial charge on any atom is 0.193 e. The van der Waals surface area contributed by atoms with E-state index in [-0.39, 0.29) is 0 Å². The van der Waals surface area contributed by atoms with Crippen molar-refractivity contribution in [3.05, 3.63) is 29.3 Å². The van der Waals surface area contributed by atoms with Gasteiger partial charge in [0.25, 0.3) is 0 Å². The molecule has 3 N–H and O–H groups in total. The first-order valence-corrected chi connectivity index (χ1v) is 4.42. The highest BCUT2D eigenvalue weighted by atomic mass is 35.5. The van der Waals surface area contributed by atoms with Gasteiger partial charge in [0.2, 0.25) is 0 Å². The molecular weight excluding hydrogens is 186 g/mol. The Balaban J connectivity index is 2.64. The number of hydrogen-bond donors (Lipinski definition) is 2. The Kier molecular flexibility index (Phi) is 3.58. The second-order valence-electron chi connectivity index (χ2n) is 2.49. The van der Waals surface area contributed by atoms with Crippen LogP contribution in [0.2, 0.25) is 5.02 Å². The minimum Gasteiger partial charge on any atom is -0.370 e. The monoisotopic (exact) mass is 197 g/mol. The Morgan fingerprint density at radius 2 is 2.08 bits per heavy atom. The minimum absolute atomic E-state index is 0.421. The molecule has 1 rings (SSSR count). The van der Waals surface area contributed by atoms with Crippen LogP contribution < -0.4 is 11.1 Å². The molecule has 0 aliphatic heterocycles. The van der Waals surface area contributed by atoms with Crippen LogP contribution in [-0.2, 0) is 0 Å². The van der Waals surface area contributed by atoms with Gasteiger partial charge in [-0.3, -0.25) is 4.99 Å². The number of hydrogen-bond acceptors (Lipinski definition) is 1. The number of anilines is 1. The van der Waals surface area contributed by atoms with Crippen LogP contribution >= 0.6 is 11.6 Å². The largest absolute Gasteiger partial charge is 0.370 e. The van der Waals surface area contributed by atoms with Crippen LogP contribution in [0.4, 0.5) is 5.69 Å². The number of halogens is 1. The third-order valence-electron chi connectivity index (χ3n) is 1.45. The summed E-state index contributed by atoms with van der Waals surface area (Å²) in [5.74, 6) is 0.421. The van der Waals surface area contributed by atoms with E-state index in [1.807, 2.05) is 19.1 Å². The highest BCUT2D eigenvalue weighted by Gasteiger charge is 1.93. The van der Waals surface area contributed by atoms with Crippen molar-refractivity contribution in [3.8, 4) is 0 Å². The summed E-state index contributed by atoms with van der Waals surface area (Å²) in [6, 6.07) is 7.28. The first-order valence-electron chi connectivity index (χ1n) is 4.05. The summed E-state index contributed by atoms with van der Waals surface area (Å²) in [6.45, 7) is 2.60. The summed E-state index contributed by atoms with van der Waals surface area (Å²) in [4.78, 5) is 3.99. The van der Waals surface area contributed by atoms with E-state index in [1.54, 1.807) is 12.1 Å². The molecule has 0 saturated heterocycles. The van der Waals surface area contributed by atoms with Gasteiger partial charge in [0.1, 0.15) is 0 Å². The molecule has 0 aromatic heterocycles. The number of guanidine groups is 1. The average molecular weight is 198 g/mol. The molecule has 1 aromatic carbocycles. The van der Waals surface area contributed by atoms with Crippen molar-refractivity contribution in [2.45, 2.75) is 6.92 Å². The second-order valence-corrected chi connectivity index (χ2v) is 2.93. The SMILES string of the molecule is CCN=C(N)Nc1ccc(Cl)cc1. The van der Waals surface area contributed by atoms with Gasteiger partial charge in [0, 0.05) is 17.3 Å². The summed E-state index contributed by atoms with van der Waals surface area (Å²) < 4.78 is 0. The molecule has 0 saturated carbocycles. The number of nitrogens with one attached hydrogen (secondary N) is 1. The third-order valence-corrected chi connectivity index (χ3v) is 1.70. The van der Waals surface area contributed by atoms with Gasteiger partial charge in [-0.25, -0.2) is 0 Å². The van der Waals surface area contributed by atoms with Gasteiger partial charge in [0.05, 0.1) is 0 Å². The second kappa shape index (κ2) is 4.72. The van der Waals surface area contributed by atoms with Crippen LogP contribution in [-0.4, -0.2) is 12.5 Å². The predicted molar refractivity (Wildman–Crippen MR) is 57.2 cm³/mol. The molecule has 0 radical (unpaired) electrons. The van der Waals surface area contributed by atoms with Crippen LogP contribution in [0, 0.1) is 0 Å². The van der Waals surface area contributed by atoms with E-state index in [2.05, 4.69) is 10.3 Å². The van der Waals surface area contributed by atoms with Crippen molar-refractivity contribution in [2.75, 3.05) is 11.9 Å². The highest BCUT2D eigenvalue weighted by molar-refractivity contribution is 6.30. The topological polar surface area (TPSA) is 50.4 Å². The molecular formula is C9H12ClN3. The zero-order chi connectivity index (χ0) is 9.68. The molecule has 4 heteroatoms. The van der Waals surface area contributed by atoms with Crippen molar-refractivity contribution in [3.63, 3.8) is 0 Å². The molecule has 0 unspecified atom stereocenters. The lowest BCUT2D eigenvalue weighted by atomic mass is 10.3. The maximum absolute atomic E-state index is 5.72. The van der Waals surface area contributed by atoms with E-state index in [0.717, 1.165) is 5.69 Å². The molecule has 13 heavy (non-hydrogen) atoms. The molecule has 3 nitrogen and oxygen atoms in total. The van der Waals surface area contributed by atoms with Crippen LogP contribution in [0.25, 0.3) is 0 Å². The van der Waals surface area contributed by atoms with Gasteiger partial charge in [-0.15, -0.1) is 0 Å². The molecule has 0 aliphatic rings. The van der Waals surface area contributed by atoms with E-state index >= 15 is 0 Å². The van der Waals surface area contributed by atoms with E-state index in [1.165, 1.54) is 0 Å². The number of benzene rings is 1. The normalized spacial score (nSPS) is 11.4. The lowest BCUT2D eigenvalue weighted by Crippen LogP contribution is -2.22. The van der Waals surface area contributed by atoms with E-state index in [4.69, 9.17) is 17.3 Å². The van der Waals surface area contributed by atoms with Crippen LogP contribution in [0.3, 0.4) is 0 Å². The van der Waals surface area contributed by atoms with Crippen molar-refractivity contribution in [1.82, 2.24) is 0 Å². The van der Waals surface area contributed by atoms with Crippen molar-refractivity contribution >= 4 is 23.2 Å². The summed E-state index contributed by atoms with van der Waals surface area (Å²) in [5.41, 5.74) is 6.45. The molecule has 1 aromatic rings. The van der Waals surface area contributed by atoms with Crippen molar-refractivity contribution < 1.29 is 0 Å². The first kappa shape index (κ1) is 9.86. The summed E-state index contributed by atoms with van der Waals surface area (Å²) >= 11 is 5.72. The summed E-state index contributed by atoms with van der Waals surface area (Å²) in [6.07, 6.45) is 0. The Labute approximate surface area is 82.6 Å². The van der Waals surface area contributed by atoms with Crippen LogP contribution in [0.1, 0.15) is 6.92 Å². The molecule has 0 amide bonds. The zero-order valence-electron chi connectivity index (χ0n) is 7.42. The molecule has 0 heterocycles. The van der Waals surface area contributed by atoms with Gasteiger partial charge in [-0.2, -0.15) is 0 Å². The molecule has 0 atom stereocenters. The van der Waals surface area contributed by atoms with Crippen molar-refractivity contribution in [2.24, 2.45) is 10.7 Å². The average Bonchev–Trinajstić information content (AvgIpc) is 2.09. The fourth-order valence-corrected chi connectivity index (χ4v) is 1.02. The lowest BCUT2D eigenvalue weighted by molar-refractivity contribution is 1.12. The highest BCUT2D eigenvalue weighted by Crippen LogP contribution is 2.12. The number of nitrogens with zero attached hydrogens (tertiary/aromatic N) is 1. The first-order chi connectivity index (χ1) is 6.22. The quantitative estimate of drug-likeness (QED) is 0.564. The van der Waals surface area contributed by atoms with Crippen LogP contribution in [0.5, 0.6) is 0 Å². The summed E-state index contributed by atoms with van der Waals surface area (Å²) in [5, 5.41) is 3.64.